The first kappa shape index (κ1) is 13.3. The summed E-state index contributed by atoms with van der Waals surface area (Å²) in [5, 5.41) is 3.69. The van der Waals surface area contributed by atoms with E-state index in [-0.39, 0.29) is 11.8 Å². The second-order valence-electron chi connectivity index (χ2n) is 5.26. The number of carbonyl (C=O) groups excluding carboxylic acids is 1. The van der Waals surface area contributed by atoms with Crippen LogP contribution in [-0.4, -0.2) is 10.9 Å². The molecule has 3 nitrogen and oxygen atoms in total. The van der Waals surface area contributed by atoms with Crippen LogP contribution in [0.2, 0.25) is 0 Å². The third kappa shape index (κ3) is 3.25. The van der Waals surface area contributed by atoms with Gasteiger partial charge in [0, 0.05) is 23.4 Å². The first-order valence-electron chi connectivity index (χ1n) is 7.11. The molecule has 0 spiro atoms. The lowest BCUT2D eigenvalue weighted by Gasteiger charge is -2.07. The molecule has 1 aliphatic carbocycles. The Morgan fingerprint density at radius 2 is 2.00 bits per heavy atom. The molecular formula is C16H18N2OS. The van der Waals surface area contributed by atoms with Crippen molar-refractivity contribution in [2.24, 2.45) is 5.92 Å². The molecule has 4 heteroatoms. The third-order valence-corrected chi connectivity index (χ3v) is 4.64. The van der Waals surface area contributed by atoms with Crippen molar-refractivity contribution in [3.63, 3.8) is 0 Å². The zero-order valence-corrected chi connectivity index (χ0v) is 12.2. The van der Waals surface area contributed by atoms with E-state index >= 15 is 0 Å². The lowest BCUT2D eigenvalue weighted by Crippen LogP contribution is -2.19. The number of benzene rings is 1. The zero-order chi connectivity index (χ0) is 13.8. The van der Waals surface area contributed by atoms with Crippen LogP contribution < -0.4 is 5.32 Å². The third-order valence-electron chi connectivity index (χ3n) is 3.73. The normalized spacial score (nSPS) is 15.4. The molecule has 0 radical (unpaired) electrons. The second kappa shape index (κ2) is 6.18. The van der Waals surface area contributed by atoms with E-state index in [1.807, 2.05) is 24.4 Å². The van der Waals surface area contributed by atoms with Crippen LogP contribution in [-0.2, 0) is 11.2 Å². The maximum absolute atomic E-state index is 12.0. The van der Waals surface area contributed by atoms with E-state index in [1.165, 1.54) is 23.3 Å². The van der Waals surface area contributed by atoms with E-state index in [2.05, 4.69) is 22.4 Å². The minimum atomic E-state index is 0.142. The first-order chi connectivity index (χ1) is 9.81. The van der Waals surface area contributed by atoms with Gasteiger partial charge < -0.3 is 5.32 Å². The van der Waals surface area contributed by atoms with Gasteiger partial charge in [0.1, 0.15) is 0 Å². The van der Waals surface area contributed by atoms with Crippen LogP contribution in [0, 0.1) is 5.92 Å². The minimum absolute atomic E-state index is 0.142. The number of hydrogen-bond donors (Lipinski definition) is 1. The summed E-state index contributed by atoms with van der Waals surface area (Å²) in [6.07, 6.45) is 7.13. The van der Waals surface area contributed by atoms with Gasteiger partial charge in [-0.15, -0.1) is 11.3 Å². The summed E-state index contributed by atoms with van der Waals surface area (Å²) in [6, 6.07) is 10.3. The maximum atomic E-state index is 12.0. The molecule has 0 aliphatic heterocycles. The highest BCUT2D eigenvalue weighted by Gasteiger charge is 2.23. The van der Waals surface area contributed by atoms with Crippen molar-refractivity contribution in [2.45, 2.75) is 32.1 Å². The zero-order valence-electron chi connectivity index (χ0n) is 11.3. The summed E-state index contributed by atoms with van der Waals surface area (Å²) in [6.45, 7) is 0. The number of nitrogens with one attached hydrogen (secondary N) is 1. The van der Waals surface area contributed by atoms with Gasteiger partial charge in [0.2, 0.25) is 5.91 Å². The van der Waals surface area contributed by atoms with Crippen molar-refractivity contribution in [1.29, 1.82) is 0 Å². The van der Waals surface area contributed by atoms with Crippen molar-refractivity contribution in [1.82, 2.24) is 4.98 Å². The average Bonchev–Trinajstić information content (AvgIpc) is 3.11. The molecule has 20 heavy (non-hydrogen) atoms. The molecule has 1 N–H and O–H groups in total. The fourth-order valence-electron chi connectivity index (χ4n) is 2.64. The van der Waals surface area contributed by atoms with E-state index in [1.54, 1.807) is 11.3 Å². The van der Waals surface area contributed by atoms with Crippen LogP contribution >= 0.6 is 11.3 Å². The van der Waals surface area contributed by atoms with Gasteiger partial charge in [-0.05, 0) is 18.4 Å². The number of anilines is 1. The molecule has 1 aromatic carbocycles. The highest BCUT2D eigenvalue weighted by Crippen LogP contribution is 2.27. The van der Waals surface area contributed by atoms with Crippen LogP contribution in [0.5, 0.6) is 0 Å². The standard InChI is InChI=1S/C16H18N2OS/c19-15(13-8-4-5-9-13)18-16-17-11-14(20-16)10-12-6-2-1-3-7-12/h1-3,6-7,11,13H,4-5,8-10H2,(H,17,18,19). The lowest BCUT2D eigenvalue weighted by atomic mass is 10.1. The molecule has 104 valence electrons. The lowest BCUT2D eigenvalue weighted by molar-refractivity contribution is -0.119. The van der Waals surface area contributed by atoms with Crippen molar-refractivity contribution in [2.75, 3.05) is 5.32 Å². The Balaban J connectivity index is 1.60. The quantitative estimate of drug-likeness (QED) is 0.927. The van der Waals surface area contributed by atoms with Crippen molar-refractivity contribution in [3.8, 4) is 0 Å². The SMILES string of the molecule is O=C(Nc1ncc(Cc2ccccc2)s1)C1CCCC1. The molecule has 0 saturated heterocycles. The van der Waals surface area contributed by atoms with Gasteiger partial charge in [-0.3, -0.25) is 4.79 Å². The number of nitrogens with zero attached hydrogens (tertiary/aromatic N) is 1. The number of amides is 1. The molecule has 1 fully saturated rings. The minimum Gasteiger partial charge on any atom is -0.302 e. The van der Waals surface area contributed by atoms with Gasteiger partial charge >= 0.3 is 0 Å². The highest BCUT2D eigenvalue weighted by molar-refractivity contribution is 7.15. The van der Waals surface area contributed by atoms with Gasteiger partial charge in [-0.25, -0.2) is 4.98 Å². The van der Waals surface area contributed by atoms with Gasteiger partial charge in [0.05, 0.1) is 0 Å². The van der Waals surface area contributed by atoms with Crippen LogP contribution in [0.25, 0.3) is 0 Å². The second-order valence-corrected chi connectivity index (χ2v) is 6.38. The van der Waals surface area contributed by atoms with Crippen LogP contribution in [0.1, 0.15) is 36.1 Å². The molecule has 0 bridgehead atoms. The summed E-state index contributed by atoms with van der Waals surface area (Å²) >= 11 is 1.57. The Bertz CT molecular complexity index is 573. The Morgan fingerprint density at radius 1 is 1.25 bits per heavy atom. The maximum Gasteiger partial charge on any atom is 0.229 e. The fraction of sp³-hybridized carbons (Fsp3) is 0.375. The van der Waals surface area contributed by atoms with E-state index in [0.717, 1.165) is 24.4 Å². The largest absolute Gasteiger partial charge is 0.302 e. The first-order valence-corrected chi connectivity index (χ1v) is 7.92. The Hall–Kier alpha value is -1.68. The molecule has 1 saturated carbocycles. The molecule has 1 heterocycles. The number of hydrogen-bond acceptors (Lipinski definition) is 3. The summed E-state index contributed by atoms with van der Waals surface area (Å²) in [4.78, 5) is 17.5. The number of thiazole rings is 1. The summed E-state index contributed by atoms with van der Waals surface area (Å²) in [5.41, 5.74) is 1.27. The van der Waals surface area contributed by atoms with Crippen LogP contribution in [0.3, 0.4) is 0 Å². The topological polar surface area (TPSA) is 42.0 Å². The van der Waals surface area contributed by atoms with E-state index in [9.17, 15) is 4.79 Å². The van der Waals surface area contributed by atoms with Crippen molar-refractivity contribution < 1.29 is 4.79 Å². The van der Waals surface area contributed by atoms with Gasteiger partial charge in [-0.2, -0.15) is 0 Å². The fourth-order valence-corrected chi connectivity index (χ4v) is 3.49. The average molecular weight is 286 g/mol. The van der Waals surface area contributed by atoms with Gasteiger partial charge in [0.15, 0.2) is 5.13 Å². The predicted molar refractivity (Wildman–Crippen MR) is 81.9 cm³/mol. The Kier molecular flexibility index (Phi) is 4.11. The predicted octanol–water partition coefficient (Wildman–Crippen LogP) is 3.86. The Morgan fingerprint density at radius 3 is 2.75 bits per heavy atom. The van der Waals surface area contributed by atoms with E-state index in [0.29, 0.717) is 0 Å². The number of aromatic nitrogens is 1. The summed E-state index contributed by atoms with van der Waals surface area (Å²) in [5.74, 6) is 0.333. The van der Waals surface area contributed by atoms with Crippen LogP contribution in [0.15, 0.2) is 36.5 Å². The number of carbonyl (C=O) groups is 1. The monoisotopic (exact) mass is 286 g/mol. The van der Waals surface area contributed by atoms with Crippen LogP contribution in [0.4, 0.5) is 5.13 Å². The van der Waals surface area contributed by atoms with Gasteiger partial charge in [0.25, 0.3) is 0 Å². The van der Waals surface area contributed by atoms with Gasteiger partial charge in [-0.1, -0.05) is 43.2 Å². The molecule has 1 amide bonds. The van der Waals surface area contributed by atoms with E-state index in [4.69, 9.17) is 0 Å². The highest BCUT2D eigenvalue weighted by atomic mass is 32.1. The Labute approximate surface area is 123 Å². The summed E-state index contributed by atoms with van der Waals surface area (Å²) in [7, 11) is 0. The molecule has 2 aromatic rings. The molecule has 1 aromatic heterocycles. The van der Waals surface area contributed by atoms with E-state index < -0.39 is 0 Å². The van der Waals surface area contributed by atoms with Crippen molar-refractivity contribution in [3.05, 3.63) is 47.0 Å². The summed E-state index contributed by atoms with van der Waals surface area (Å²) < 4.78 is 0. The number of rotatable bonds is 4. The molecule has 3 rings (SSSR count). The molecule has 0 atom stereocenters. The van der Waals surface area contributed by atoms with Crippen molar-refractivity contribution >= 4 is 22.4 Å². The molecule has 1 aliphatic rings. The smallest absolute Gasteiger partial charge is 0.229 e. The molecule has 0 unspecified atom stereocenters. The molecular weight excluding hydrogens is 268 g/mol.